The molecule has 25 heavy (non-hydrogen) atoms. The zero-order valence-corrected chi connectivity index (χ0v) is 14.3. The van der Waals surface area contributed by atoms with Crippen LogP contribution in [0.2, 0.25) is 0 Å². The van der Waals surface area contributed by atoms with Crippen LogP contribution in [0.4, 0.5) is 16.3 Å². The fraction of sp³-hybridized carbons (Fsp3) is 0.312. The molecule has 2 heterocycles. The lowest BCUT2D eigenvalue weighted by Gasteiger charge is -2.20. The van der Waals surface area contributed by atoms with Gasteiger partial charge < -0.3 is 10.1 Å². The quantitative estimate of drug-likeness (QED) is 0.782. The number of amides is 2. The Morgan fingerprint density at radius 2 is 1.92 bits per heavy atom. The summed E-state index contributed by atoms with van der Waals surface area (Å²) in [5, 5.41) is 11.4. The molecule has 0 fully saturated rings. The van der Waals surface area contributed by atoms with Crippen LogP contribution in [0.3, 0.4) is 0 Å². The lowest BCUT2D eigenvalue weighted by Crippen LogP contribution is -2.27. The van der Waals surface area contributed by atoms with E-state index in [1.807, 2.05) is 0 Å². The monoisotopic (exact) mass is 345 g/mol. The molecule has 2 aromatic rings. The average Bonchev–Trinajstić information content (AvgIpc) is 2.46. The third-order valence-corrected chi connectivity index (χ3v) is 2.80. The van der Waals surface area contributed by atoms with Crippen LogP contribution in [0.1, 0.15) is 27.7 Å². The van der Waals surface area contributed by atoms with E-state index in [-0.39, 0.29) is 17.3 Å². The number of carbonyl (C=O) groups is 2. The fourth-order valence-electron chi connectivity index (χ4n) is 1.92. The normalized spacial score (nSPS) is 10.9. The number of hydrogen-bond acceptors (Lipinski definition) is 6. The van der Waals surface area contributed by atoms with Gasteiger partial charge in [-0.05, 0) is 26.8 Å². The number of nitrogens with one attached hydrogen (secondary N) is 3. The Balaban J connectivity index is 2.40. The Bertz CT molecular complexity index is 834. The lowest BCUT2D eigenvalue weighted by atomic mass is 10.1. The number of pyridine rings is 1. The summed E-state index contributed by atoms with van der Waals surface area (Å²) in [5.41, 5.74) is 0.151. The summed E-state index contributed by atoms with van der Waals surface area (Å²) in [5.74, 6) is -0.0441. The average molecular weight is 345 g/mol. The molecule has 132 valence electrons. The minimum atomic E-state index is -0.673. The molecule has 2 aromatic heterocycles. The molecule has 0 saturated heterocycles. The van der Waals surface area contributed by atoms with Gasteiger partial charge >= 0.3 is 6.09 Å². The third kappa shape index (κ3) is 5.41. The molecule has 3 N–H and O–H groups in total. The maximum absolute atomic E-state index is 12.1. The van der Waals surface area contributed by atoms with Crippen molar-refractivity contribution in [1.29, 1.82) is 0 Å². The molecule has 0 radical (unpaired) electrons. The number of carbonyl (C=O) groups excluding carboxylic acids is 2. The van der Waals surface area contributed by atoms with Crippen molar-refractivity contribution in [3.63, 3.8) is 0 Å². The molecule has 0 aliphatic carbocycles. The number of anilines is 2. The summed E-state index contributed by atoms with van der Waals surface area (Å²) in [6.07, 6.45) is 0.761. The van der Waals surface area contributed by atoms with E-state index >= 15 is 0 Å². The van der Waals surface area contributed by atoms with Gasteiger partial charge in [0.1, 0.15) is 11.4 Å². The zero-order chi connectivity index (χ0) is 18.6. The first-order valence-corrected chi connectivity index (χ1v) is 7.48. The van der Waals surface area contributed by atoms with Gasteiger partial charge in [0.05, 0.1) is 11.4 Å². The van der Waals surface area contributed by atoms with E-state index in [0.29, 0.717) is 16.9 Å². The Labute approximate surface area is 143 Å². The van der Waals surface area contributed by atoms with Gasteiger partial charge in [0.2, 0.25) is 5.91 Å². The first-order chi connectivity index (χ1) is 11.6. The molecule has 0 bridgehead atoms. The second kappa shape index (κ2) is 7.12. The zero-order valence-electron chi connectivity index (χ0n) is 14.3. The number of rotatable bonds is 3. The van der Waals surface area contributed by atoms with Gasteiger partial charge in [0.25, 0.3) is 5.56 Å². The molecule has 0 aliphatic rings. The highest BCUT2D eigenvalue weighted by Gasteiger charge is 2.18. The minimum Gasteiger partial charge on any atom is -0.444 e. The molecule has 0 aromatic carbocycles. The number of hydrogen-bond donors (Lipinski definition) is 3. The summed E-state index contributed by atoms with van der Waals surface area (Å²) in [6.45, 7) is 6.57. The van der Waals surface area contributed by atoms with E-state index in [1.54, 1.807) is 20.8 Å². The van der Waals surface area contributed by atoms with Crippen molar-refractivity contribution < 1.29 is 14.3 Å². The van der Waals surface area contributed by atoms with Gasteiger partial charge in [0, 0.05) is 30.8 Å². The minimum absolute atomic E-state index is 0.256. The van der Waals surface area contributed by atoms with Crippen LogP contribution in [0, 0.1) is 0 Å². The largest absolute Gasteiger partial charge is 0.444 e. The number of nitrogens with zero attached hydrogens (tertiary/aromatic N) is 2. The topological polar surface area (TPSA) is 126 Å². The number of aromatic amines is 1. The van der Waals surface area contributed by atoms with E-state index < -0.39 is 11.7 Å². The molecule has 0 spiro atoms. The predicted molar refractivity (Wildman–Crippen MR) is 92.2 cm³/mol. The van der Waals surface area contributed by atoms with Crippen molar-refractivity contribution in [3.8, 4) is 11.3 Å². The first kappa shape index (κ1) is 18.1. The van der Waals surface area contributed by atoms with Crippen molar-refractivity contribution in [1.82, 2.24) is 15.2 Å². The highest BCUT2D eigenvalue weighted by molar-refractivity contribution is 5.93. The summed E-state index contributed by atoms with van der Waals surface area (Å²) >= 11 is 0. The van der Waals surface area contributed by atoms with Gasteiger partial charge in [-0.2, -0.15) is 5.10 Å². The number of aromatic nitrogens is 3. The van der Waals surface area contributed by atoms with Gasteiger partial charge in [0.15, 0.2) is 0 Å². The molecule has 2 amide bonds. The van der Waals surface area contributed by atoms with Gasteiger partial charge in [-0.1, -0.05) is 0 Å². The molecular formula is C16H19N5O4. The smallest absolute Gasteiger partial charge is 0.412 e. The van der Waals surface area contributed by atoms with Crippen LogP contribution in [0.15, 0.2) is 29.2 Å². The maximum Gasteiger partial charge on any atom is 0.412 e. The van der Waals surface area contributed by atoms with Gasteiger partial charge in [-0.3, -0.25) is 14.9 Å². The highest BCUT2D eigenvalue weighted by atomic mass is 16.6. The molecule has 2 rings (SSSR count). The van der Waals surface area contributed by atoms with Gasteiger partial charge in [-0.15, -0.1) is 0 Å². The van der Waals surface area contributed by atoms with Crippen molar-refractivity contribution >= 4 is 23.5 Å². The fourth-order valence-corrected chi connectivity index (χ4v) is 1.92. The predicted octanol–water partition coefficient (Wildman–Crippen LogP) is 2.14. The summed E-state index contributed by atoms with van der Waals surface area (Å²) in [7, 11) is 0. The van der Waals surface area contributed by atoms with E-state index in [0.717, 1.165) is 0 Å². The molecule has 9 heteroatoms. The van der Waals surface area contributed by atoms with Crippen molar-refractivity contribution in [2.75, 3.05) is 10.6 Å². The molecule has 0 unspecified atom stereocenters. The highest BCUT2D eigenvalue weighted by Crippen LogP contribution is 2.27. The summed E-state index contributed by atoms with van der Waals surface area (Å²) in [6, 6.07) is 4.28. The van der Waals surface area contributed by atoms with E-state index in [2.05, 4.69) is 25.8 Å². The molecule has 0 atom stereocenters. The Morgan fingerprint density at radius 1 is 1.20 bits per heavy atom. The molecule has 9 nitrogen and oxygen atoms in total. The van der Waals surface area contributed by atoms with Crippen LogP contribution < -0.4 is 16.2 Å². The Hall–Kier alpha value is -3.23. The van der Waals surface area contributed by atoms with Gasteiger partial charge in [-0.25, -0.2) is 14.9 Å². The van der Waals surface area contributed by atoms with Crippen LogP contribution in [0.25, 0.3) is 11.3 Å². The van der Waals surface area contributed by atoms with Crippen LogP contribution in [-0.4, -0.2) is 32.8 Å². The number of ether oxygens (including phenoxy) is 1. The van der Waals surface area contributed by atoms with E-state index in [1.165, 1.54) is 31.3 Å². The van der Waals surface area contributed by atoms with Crippen LogP contribution in [0.5, 0.6) is 0 Å². The van der Waals surface area contributed by atoms with Crippen molar-refractivity contribution in [3.05, 3.63) is 34.7 Å². The second-order valence-electron chi connectivity index (χ2n) is 6.23. The van der Waals surface area contributed by atoms with E-state index in [9.17, 15) is 14.4 Å². The van der Waals surface area contributed by atoms with Crippen molar-refractivity contribution in [2.45, 2.75) is 33.3 Å². The third-order valence-electron chi connectivity index (χ3n) is 2.80. The summed E-state index contributed by atoms with van der Waals surface area (Å²) < 4.78 is 5.24. The maximum atomic E-state index is 12.1. The second-order valence-corrected chi connectivity index (χ2v) is 6.23. The van der Waals surface area contributed by atoms with Crippen LogP contribution in [-0.2, 0) is 9.53 Å². The lowest BCUT2D eigenvalue weighted by molar-refractivity contribution is -0.114. The molecule has 0 saturated carbocycles. The summed E-state index contributed by atoms with van der Waals surface area (Å²) in [4.78, 5) is 38.6. The molecular weight excluding hydrogens is 326 g/mol. The molecule has 0 aliphatic heterocycles. The SMILES string of the molecule is CC(=O)Nc1cc(NC(=O)OC(C)(C)C)c(-c2ccc(=O)[nH]n2)cn1. The van der Waals surface area contributed by atoms with Crippen molar-refractivity contribution in [2.24, 2.45) is 0 Å². The Morgan fingerprint density at radius 3 is 2.48 bits per heavy atom. The van der Waals surface area contributed by atoms with E-state index in [4.69, 9.17) is 4.74 Å². The number of H-pyrrole nitrogens is 1. The Kier molecular flexibility index (Phi) is 5.16. The first-order valence-electron chi connectivity index (χ1n) is 7.48. The van der Waals surface area contributed by atoms with Crippen LogP contribution >= 0.6 is 0 Å². The standard InChI is InChI=1S/C16H19N5O4/c1-9(22)18-13-7-12(19-15(24)25-16(2,3)4)10(8-17-13)11-5-6-14(23)21-20-11/h5-8H,1-4H3,(H,21,23)(H2,17,18,19,22,24).